The number of carbonyl (C=O) groups is 1. The molecule has 0 saturated heterocycles. The molecule has 2 rings (SSSR count). The molecule has 0 aliphatic carbocycles. The largest absolute Gasteiger partial charge is 0.325 e. The summed E-state index contributed by atoms with van der Waals surface area (Å²) in [6.45, 7) is 2.01. The highest BCUT2D eigenvalue weighted by Crippen LogP contribution is 2.20. The van der Waals surface area contributed by atoms with Gasteiger partial charge in [-0.1, -0.05) is 25.5 Å². The molecule has 19 heavy (non-hydrogen) atoms. The Bertz CT molecular complexity index is 536. The molecule has 0 saturated carbocycles. The van der Waals surface area contributed by atoms with Crippen LogP contribution in [0.2, 0.25) is 0 Å². The summed E-state index contributed by atoms with van der Waals surface area (Å²) < 4.78 is 0. The topological polar surface area (TPSA) is 83.8 Å². The van der Waals surface area contributed by atoms with Gasteiger partial charge < -0.3 is 11.1 Å². The van der Waals surface area contributed by atoms with Crippen LogP contribution in [0.15, 0.2) is 36.5 Å². The Balaban J connectivity index is 2.09. The minimum Gasteiger partial charge on any atom is -0.325 e. The maximum atomic E-state index is 11.8. The number of benzene rings is 1. The number of carbonyl (C=O) groups excluding carboxylic acids is 1. The molecule has 1 heterocycles. The molecule has 1 aromatic heterocycles. The van der Waals surface area contributed by atoms with Gasteiger partial charge >= 0.3 is 0 Å². The molecule has 5 heteroatoms. The quantitative estimate of drug-likeness (QED) is 0.768. The van der Waals surface area contributed by atoms with Gasteiger partial charge in [-0.2, -0.15) is 5.10 Å². The first-order valence-corrected chi connectivity index (χ1v) is 6.37. The van der Waals surface area contributed by atoms with E-state index in [1.165, 1.54) is 0 Å². The lowest BCUT2D eigenvalue weighted by atomic mass is 10.1. The molecule has 1 amide bonds. The number of rotatable bonds is 5. The van der Waals surface area contributed by atoms with Gasteiger partial charge in [-0.05, 0) is 24.6 Å². The third-order valence-electron chi connectivity index (χ3n) is 2.88. The molecule has 0 radical (unpaired) electrons. The number of aromatic nitrogens is 2. The summed E-state index contributed by atoms with van der Waals surface area (Å²) in [5, 5.41) is 9.63. The normalized spacial score (nSPS) is 12.1. The Labute approximate surface area is 112 Å². The predicted molar refractivity (Wildman–Crippen MR) is 75.5 cm³/mol. The van der Waals surface area contributed by atoms with E-state index in [2.05, 4.69) is 15.5 Å². The zero-order valence-electron chi connectivity index (χ0n) is 10.9. The van der Waals surface area contributed by atoms with Crippen LogP contribution in [0.4, 0.5) is 5.69 Å². The molecule has 0 aliphatic heterocycles. The molecule has 5 nitrogen and oxygen atoms in total. The van der Waals surface area contributed by atoms with Crippen LogP contribution < -0.4 is 11.1 Å². The Morgan fingerprint density at radius 1 is 1.47 bits per heavy atom. The standard InChI is InChI=1S/C14H18N4O/c1-2-4-12(15)14(19)17-11-6-3-5-10(9-11)13-7-8-16-18-13/h3,5-9,12H,2,4,15H2,1H3,(H,16,18)(H,17,19). The molecule has 0 fully saturated rings. The van der Waals surface area contributed by atoms with E-state index in [9.17, 15) is 4.79 Å². The van der Waals surface area contributed by atoms with Crippen LogP contribution in [-0.4, -0.2) is 22.1 Å². The van der Waals surface area contributed by atoms with Crippen molar-refractivity contribution < 1.29 is 4.79 Å². The summed E-state index contributed by atoms with van der Waals surface area (Å²) >= 11 is 0. The number of nitrogens with two attached hydrogens (primary N) is 1. The van der Waals surface area contributed by atoms with Crippen molar-refractivity contribution in [2.24, 2.45) is 5.73 Å². The summed E-state index contributed by atoms with van der Waals surface area (Å²) in [6.07, 6.45) is 3.27. The van der Waals surface area contributed by atoms with Gasteiger partial charge in [0, 0.05) is 17.4 Å². The van der Waals surface area contributed by atoms with E-state index in [4.69, 9.17) is 5.73 Å². The van der Waals surface area contributed by atoms with E-state index in [0.717, 1.165) is 23.4 Å². The Morgan fingerprint density at radius 2 is 2.32 bits per heavy atom. The molecule has 4 N–H and O–H groups in total. The molecule has 100 valence electrons. The van der Waals surface area contributed by atoms with Gasteiger partial charge in [0.1, 0.15) is 0 Å². The van der Waals surface area contributed by atoms with Crippen molar-refractivity contribution in [1.29, 1.82) is 0 Å². The smallest absolute Gasteiger partial charge is 0.241 e. The SMILES string of the molecule is CCCC(N)C(=O)Nc1cccc(-c2ccn[nH]2)c1. The lowest BCUT2D eigenvalue weighted by molar-refractivity contribution is -0.117. The molecular formula is C14H18N4O. The number of anilines is 1. The van der Waals surface area contributed by atoms with Crippen molar-refractivity contribution in [3.63, 3.8) is 0 Å². The van der Waals surface area contributed by atoms with Crippen molar-refractivity contribution in [2.75, 3.05) is 5.32 Å². The fourth-order valence-corrected chi connectivity index (χ4v) is 1.86. The van der Waals surface area contributed by atoms with E-state index in [1.54, 1.807) is 6.20 Å². The molecule has 1 aromatic carbocycles. The predicted octanol–water partition coefficient (Wildman–Crippen LogP) is 2.14. The first-order chi connectivity index (χ1) is 9.20. The van der Waals surface area contributed by atoms with Crippen LogP contribution in [0, 0.1) is 0 Å². The third kappa shape index (κ3) is 3.42. The van der Waals surface area contributed by atoms with Gasteiger partial charge in [0.05, 0.1) is 11.7 Å². The molecule has 2 aromatic rings. The van der Waals surface area contributed by atoms with E-state index < -0.39 is 6.04 Å². The van der Waals surface area contributed by atoms with Gasteiger partial charge in [-0.15, -0.1) is 0 Å². The molecule has 0 bridgehead atoms. The number of amides is 1. The number of nitrogens with one attached hydrogen (secondary N) is 2. The number of nitrogens with zero attached hydrogens (tertiary/aromatic N) is 1. The van der Waals surface area contributed by atoms with Gasteiger partial charge in [0.2, 0.25) is 5.91 Å². The third-order valence-corrected chi connectivity index (χ3v) is 2.88. The summed E-state index contributed by atoms with van der Waals surface area (Å²) in [5.41, 5.74) is 8.40. The van der Waals surface area contributed by atoms with Crippen LogP contribution >= 0.6 is 0 Å². The highest BCUT2D eigenvalue weighted by atomic mass is 16.2. The zero-order valence-corrected chi connectivity index (χ0v) is 10.9. The first-order valence-electron chi connectivity index (χ1n) is 6.37. The number of hydrogen-bond acceptors (Lipinski definition) is 3. The lowest BCUT2D eigenvalue weighted by Crippen LogP contribution is -2.35. The molecule has 0 spiro atoms. The fourth-order valence-electron chi connectivity index (χ4n) is 1.86. The van der Waals surface area contributed by atoms with E-state index in [1.807, 2.05) is 37.3 Å². The second-order valence-electron chi connectivity index (χ2n) is 4.44. The molecular weight excluding hydrogens is 240 g/mol. The van der Waals surface area contributed by atoms with Crippen LogP contribution in [0.5, 0.6) is 0 Å². The van der Waals surface area contributed by atoms with Gasteiger partial charge in [0.25, 0.3) is 0 Å². The van der Waals surface area contributed by atoms with Crippen molar-refractivity contribution in [3.8, 4) is 11.3 Å². The maximum absolute atomic E-state index is 11.8. The summed E-state index contributed by atoms with van der Waals surface area (Å²) in [4.78, 5) is 11.8. The number of H-pyrrole nitrogens is 1. The van der Waals surface area contributed by atoms with Crippen LogP contribution in [0.3, 0.4) is 0 Å². The van der Waals surface area contributed by atoms with Crippen molar-refractivity contribution in [3.05, 3.63) is 36.5 Å². The van der Waals surface area contributed by atoms with Crippen LogP contribution in [0.25, 0.3) is 11.3 Å². The molecule has 1 atom stereocenters. The van der Waals surface area contributed by atoms with Crippen LogP contribution in [0.1, 0.15) is 19.8 Å². The minimum atomic E-state index is -0.458. The van der Waals surface area contributed by atoms with Crippen molar-refractivity contribution in [2.45, 2.75) is 25.8 Å². The highest BCUT2D eigenvalue weighted by molar-refractivity contribution is 5.95. The fraction of sp³-hybridized carbons (Fsp3) is 0.286. The summed E-state index contributed by atoms with van der Waals surface area (Å²) in [6, 6.07) is 9.00. The second kappa shape index (κ2) is 6.15. The number of hydrogen-bond donors (Lipinski definition) is 3. The Kier molecular flexibility index (Phi) is 4.30. The second-order valence-corrected chi connectivity index (χ2v) is 4.44. The van der Waals surface area contributed by atoms with Crippen molar-refractivity contribution in [1.82, 2.24) is 10.2 Å². The molecule has 1 unspecified atom stereocenters. The van der Waals surface area contributed by atoms with Crippen molar-refractivity contribution >= 4 is 11.6 Å². The number of aromatic amines is 1. The Morgan fingerprint density at radius 3 is 3.00 bits per heavy atom. The highest BCUT2D eigenvalue weighted by Gasteiger charge is 2.12. The lowest BCUT2D eigenvalue weighted by Gasteiger charge is -2.11. The molecule has 0 aliphatic rings. The monoisotopic (exact) mass is 258 g/mol. The zero-order chi connectivity index (χ0) is 13.7. The average molecular weight is 258 g/mol. The van der Waals surface area contributed by atoms with Gasteiger partial charge in [-0.3, -0.25) is 9.89 Å². The van der Waals surface area contributed by atoms with Crippen LogP contribution in [-0.2, 0) is 4.79 Å². The first kappa shape index (κ1) is 13.3. The minimum absolute atomic E-state index is 0.149. The van der Waals surface area contributed by atoms with Gasteiger partial charge in [0.15, 0.2) is 0 Å². The Hall–Kier alpha value is -2.14. The summed E-state index contributed by atoms with van der Waals surface area (Å²) in [5.74, 6) is -0.149. The maximum Gasteiger partial charge on any atom is 0.241 e. The van der Waals surface area contributed by atoms with E-state index in [0.29, 0.717) is 6.42 Å². The average Bonchev–Trinajstić information content (AvgIpc) is 2.93. The van der Waals surface area contributed by atoms with E-state index >= 15 is 0 Å². The summed E-state index contributed by atoms with van der Waals surface area (Å²) in [7, 11) is 0. The van der Waals surface area contributed by atoms with E-state index in [-0.39, 0.29) is 5.91 Å². The van der Waals surface area contributed by atoms with Gasteiger partial charge in [-0.25, -0.2) is 0 Å².